The van der Waals surface area contributed by atoms with E-state index in [9.17, 15) is 26.4 Å². The third-order valence-corrected chi connectivity index (χ3v) is 4.82. The minimum atomic E-state index is -4.10. The first-order valence-corrected chi connectivity index (χ1v) is 8.93. The minimum absolute atomic E-state index is 0.0228. The molecule has 8 heteroatoms. The smallest absolute Gasteiger partial charge is 0.339 e. The van der Waals surface area contributed by atoms with Crippen LogP contribution in [0.2, 0.25) is 0 Å². The van der Waals surface area contributed by atoms with E-state index in [1.54, 1.807) is 0 Å². The Morgan fingerprint density at radius 1 is 1.00 bits per heavy atom. The van der Waals surface area contributed by atoms with Crippen molar-refractivity contribution in [3.63, 3.8) is 0 Å². The highest BCUT2D eigenvalue weighted by Gasteiger charge is 2.29. The maximum Gasteiger partial charge on any atom is 0.339 e. The molecule has 0 bridgehead atoms. The van der Waals surface area contributed by atoms with E-state index in [-0.39, 0.29) is 28.9 Å². The number of carbonyl (C=O) groups excluding carboxylic acids is 1. The second-order valence-corrected chi connectivity index (χ2v) is 7.43. The highest BCUT2D eigenvalue weighted by Crippen LogP contribution is 2.35. The Bertz CT molecular complexity index is 1000. The first kappa shape index (κ1) is 17.2. The van der Waals surface area contributed by atoms with Gasteiger partial charge in [-0.3, -0.25) is 0 Å². The molecule has 0 aromatic heterocycles. The summed E-state index contributed by atoms with van der Waals surface area (Å²) in [7, 11) is -4.10. The fourth-order valence-corrected chi connectivity index (χ4v) is 3.48. The summed E-state index contributed by atoms with van der Waals surface area (Å²) in [6.07, 6.45) is 0.688. The largest absolute Gasteiger partial charge is 0.457 e. The van der Waals surface area contributed by atoms with E-state index in [4.69, 9.17) is 4.74 Å². The second kappa shape index (κ2) is 6.03. The lowest BCUT2D eigenvalue weighted by Gasteiger charge is -2.08. The summed E-state index contributed by atoms with van der Waals surface area (Å²) < 4.78 is 69.5. The third-order valence-electron chi connectivity index (χ3n) is 3.68. The lowest BCUT2D eigenvalue weighted by Crippen LogP contribution is -2.06. The number of hydrogen-bond acceptors (Lipinski definition) is 4. The van der Waals surface area contributed by atoms with E-state index >= 15 is 0 Å². The lowest BCUT2D eigenvalue weighted by atomic mass is 9.96. The van der Waals surface area contributed by atoms with E-state index in [1.165, 1.54) is 18.2 Å². The van der Waals surface area contributed by atoms with Gasteiger partial charge < -0.3 is 4.74 Å². The standard InChI is InChI=1S/C17H11F3O4S/c1-25(22,23)16-13(19)6-10(7-14(16)20)12-8-24-17(21)15(12)9-3-2-4-11(18)5-9/h2-7H,8H2,1H3. The van der Waals surface area contributed by atoms with E-state index in [1.807, 2.05) is 0 Å². The summed E-state index contributed by atoms with van der Waals surface area (Å²) in [6, 6.07) is 6.76. The van der Waals surface area contributed by atoms with E-state index in [0.29, 0.717) is 6.26 Å². The summed E-state index contributed by atoms with van der Waals surface area (Å²) in [6.45, 7) is -0.262. The maximum atomic E-state index is 14.1. The zero-order valence-corrected chi connectivity index (χ0v) is 13.7. The Balaban J connectivity index is 2.22. The summed E-state index contributed by atoms with van der Waals surface area (Å²) in [5.74, 6) is -3.90. The Morgan fingerprint density at radius 2 is 1.64 bits per heavy atom. The van der Waals surface area contributed by atoms with Gasteiger partial charge in [-0.15, -0.1) is 0 Å². The quantitative estimate of drug-likeness (QED) is 0.782. The first-order valence-electron chi connectivity index (χ1n) is 7.04. The SMILES string of the molecule is CS(=O)(=O)c1c(F)cc(C2=C(c3cccc(F)c3)C(=O)OC2)cc1F. The normalized spacial score (nSPS) is 14.8. The Labute approximate surface area is 141 Å². The molecular weight excluding hydrogens is 357 g/mol. The summed E-state index contributed by atoms with van der Waals surface area (Å²) in [4.78, 5) is 10.9. The zero-order valence-electron chi connectivity index (χ0n) is 12.8. The van der Waals surface area contributed by atoms with Crippen LogP contribution in [0.1, 0.15) is 11.1 Å². The summed E-state index contributed by atoms with van der Waals surface area (Å²) in [5, 5.41) is 0. The average molecular weight is 368 g/mol. The van der Waals surface area contributed by atoms with Gasteiger partial charge in [0.2, 0.25) is 0 Å². The van der Waals surface area contributed by atoms with E-state index < -0.39 is 38.2 Å². The molecule has 4 nitrogen and oxygen atoms in total. The monoisotopic (exact) mass is 368 g/mol. The highest BCUT2D eigenvalue weighted by molar-refractivity contribution is 7.90. The number of rotatable bonds is 3. The summed E-state index contributed by atoms with van der Waals surface area (Å²) in [5.41, 5.74) is 0.275. The number of halogens is 3. The van der Waals surface area contributed by atoms with E-state index in [0.717, 1.165) is 18.2 Å². The number of carbonyl (C=O) groups is 1. The predicted octanol–water partition coefficient (Wildman–Crippen LogP) is 2.98. The van der Waals surface area contributed by atoms with Crippen LogP contribution in [-0.4, -0.2) is 27.2 Å². The van der Waals surface area contributed by atoms with Gasteiger partial charge >= 0.3 is 5.97 Å². The molecule has 0 unspecified atom stereocenters. The number of benzene rings is 2. The number of esters is 1. The summed E-state index contributed by atoms with van der Waals surface area (Å²) >= 11 is 0. The van der Waals surface area contributed by atoms with Gasteiger partial charge in [0.05, 0.1) is 5.57 Å². The van der Waals surface area contributed by atoms with Crippen molar-refractivity contribution < 1.29 is 31.1 Å². The van der Waals surface area contributed by atoms with Crippen molar-refractivity contribution in [1.29, 1.82) is 0 Å². The molecule has 0 saturated carbocycles. The van der Waals surface area contributed by atoms with Crippen molar-refractivity contribution in [2.24, 2.45) is 0 Å². The maximum absolute atomic E-state index is 14.1. The van der Waals surface area contributed by atoms with Crippen LogP contribution in [0.25, 0.3) is 11.1 Å². The van der Waals surface area contributed by atoms with Crippen LogP contribution < -0.4 is 0 Å². The van der Waals surface area contributed by atoms with Gasteiger partial charge in [-0.25, -0.2) is 26.4 Å². The number of hydrogen-bond donors (Lipinski definition) is 0. The van der Waals surface area contributed by atoms with Crippen LogP contribution in [0, 0.1) is 17.5 Å². The molecule has 0 aliphatic carbocycles. The van der Waals surface area contributed by atoms with Gasteiger partial charge in [0, 0.05) is 11.8 Å². The third kappa shape index (κ3) is 3.17. The topological polar surface area (TPSA) is 60.4 Å². The van der Waals surface area contributed by atoms with Gasteiger partial charge in [-0.1, -0.05) is 12.1 Å². The Hall–Kier alpha value is -2.61. The molecule has 2 aromatic carbocycles. The van der Waals surface area contributed by atoms with Gasteiger partial charge in [0.1, 0.15) is 29.0 Å². The fourth-order valence-electron chi connectivity index (χ4n) is 2.66. The predicted molar refractivity (Wildman–Crippen MR) is 83.6 cm³/mol. The molecule has 1 aliphatic heterocycles. The molecule has 1 aliphatic rings. The van der Waals surface area contributed by atoms with Crippen LogP contribution in [0.15, 0.2) is 41.3 Å². The lowest BCUT2D eigenvalue weighted by molar-refractivity contribution is -0.133. The zero-order chi connectivity index (χ0) is 18.4. The molecule has 0 saturated heterocycles. The molecule has 0 atom stereocenters. The molecule has 3 rings (SSSR count). The van der Waals surface area contributed by atoms with Crippen molar-refractivity contribution in [2.75, 3.05) is 12.9 Å². The van der Waals surface area contributed by atoms with Gasteiger partial charge in [0.15, 0.2) is 9.84 Å². The number of ether oxygens (including phenoxy) is 1. The van der Waals surface area contributed by atoms with Gasteiger partial charge in [-0.05, 0) is 35.4 Å². The minimum Gasteiger partial charge on any atom is -0.457 e. The van der Waals surface area contributed by atoms with Crippen LogP contribution in [0.4, 0.5) is 13.2 Å². The second-order valence-electron chi connectivity index (χ2n) is 5.48. The Kier molecular flexibility index (Phi) is 4.16. The molecule has 0 amide bonds. The van der Waals surface area contributed by atoms with E-state index in [2.05, 4.69) is 0 Å². The number of cyclic esters (lactones) is 1. The average Bonchev–Trinajstić information content (AvgIpc) is 2.86. The highest BCUT2D eigenvalue weighted by atomic mass is 32.2. The van der Waals surface area contributed by atoms with Crippen LogP contribution in [0.3, 0.4) is 0 Å². The molecule has 0 radical (unpaired) electrons. The van der Waals surface area contributed by atoms with Crippen LogP contribution >= 0.6 is 0 Å². The molecule has 1 heterocycles. The van der Waals surface area contributed by atoms with Crippen molar-refractivity contribution in [3.8, 4) is 0 Å². The molecule has 0 spiro atoms. The number of sulfone groups is 1. The first-order chi connectivity index (χ1) is 11.7. The van der Waals surface area contributed by atoms with Crippen LogP contribution in [0.5, 0.6) is 0 Å². The molecule has 2 aromatic rings. The molecule has 0 N–H and O–H groups in total. The molecule has 0 fully saturated rings. The van der Waals surface area contributed by atoms with Crippen molar-refractivity contribution in [2.45, 2.75) is 4.90 Å². The Morgan fingerprint density at radius 3 is 2.20 bits per heavy atom. The van der Waals surface area contributed by atoms with Crippen LogP contribution in [-0.2, 0) is 19.4 Å². The molecule has 25 heavy (non-hydrogen) atoms. The fraction of sp³-hybridized carbons (Fsp3) is 0.118. The van der Waals surface area contributed by atoms with Gasteiger partial charge in [0.25, 0.3) is 0 Å². The molecular formula is C17H11F3O4S. The van der Waals surface area contributed by atoms with Crippen molar-refractivity contribution in [1.82, 2.24) is 0 Å². The van der Waals surface area contributed by atoms with Crippen molar-refractivity contribution in [3.05, 3.63) is 65.0 Å². The van der Waals surface area contributed by atoms with Gasteiger partial charge in [-0.2, -0.15) is 0 Å². The molecule has 130 valence electrons. The van der Waals surface area contributed by atoms with Crippen molar-refractivity contribution >= 4 is 27.0 Å².